The molecule has 1 N–H and O–H groups in total. The van der Waals surface area contributed by atoms with Gasteiger partial charge in [0.25, 0.3) is 0 Å². The van der Waals surface area contributed by atoms with Crippen molar-refractivity contribution in [3.05, 3.63) is 68.7 Å². The SMILES string of the molecule is Cc1c(OCCCCN(C)C)ccc(C(C)N2CC(CNC(=O)C=Cc3ccc(Cl)c(Cl)c3)C2)c1C. The molecule has 7 heteroatoms. The molecule has 0 radical (unpaired) electrons. The third kappa shape index (κ3) is 7.97. The number of unbranched alkanes of at least 4 members (excludes halogenated alkanes) is 1. The van der Waals surface area contributed by atoms with Crippen molar-refractivity contribution in [2.24, 2.45) is 5.92 Å². The summed E-state index contributed by atoms with van der Waals surface area (Å²) in [5, 5.41) is 3.99. The number of ether oxygens (including phenoxy) is 1. The smallest absolute Gasteiger partial charge is 0.244 e. The van der Waals surface area contributed by atoms with Crippen LogP contribution >= 0.6 is 23.2 Å². The van der Waals surface area contributed by atoms with Crippen LogP contribution < -0.4 is 10.1 Å². The van der Waals surface area contributed by atoms with E-state index in [-0.39, 0.29) is 5.91 Å². The van der Waals surface area contributed by atoms with Crippen molar-refractivity contribution >= 4 is 35.2 Å². The van der Waals surface area contributed by atoms with Crippen LogP contribution in [-0.2, 0) is 4.79 Å². The van der Waals surface area contributed by atoms with E-state index in [1.807, 2.05) is 6.07 Å². The third-order valence-corrected chi connectivity index (χ3v) is 7.69. The van der Waals surface area contributed by atoms with Crippen molar-refractivity contribution in [3.63, 3.8) is 0 Å². The van der Waals surface area contributed by atoms with Crippen molar-refractivity contribution in [1.29, 1.82) is 0 Å². The molecule has 1 unspecified atom stereocenters. The zero-order valence-electron chi connectivity index (χ0n) is 22.1. The summed E-state index contributed by atoms with van der Waals surface area (Å²) in [7, 11) is 4.20. The van der Waals surface area contributed by atoms with E-state index in [9.17, 15) is 4.79 Å². The Morgan fingerprint density at radius 3 is 2.58 bits per heavy atom. The van der Waals surface area contributed by atoms with E-state index in [2.05, 4.69) is 62.1 Å². The fraction of sp³-hybridized carbons (Fsp3) is 0.483. The van der Waals surface area contributed by atoms with Crippen LogP contribution in [0.15, 0.2) is 36.4 Å². The number of nitrogens with zero attached hydrogens (tertiary/aromatic N) is 2. The average molecular weight is 533 g/mol. The van der Waals surface area contributed by atoms with Crippen LogP contribution in [-0.4, -0.2) is 62.6 Å². The topological polar surface area (TPSA) is 44.8 Å². The monoisotopic (exact) mass is 531 g/mol. The molecule has 5 nitrogen and oxygen atoms in total. The van der Waals surface area contributed by atoms with Gasteiger partial charge in [0.1, 0.15) is 5.75 Å². The van der Waals surface area contributed by atoms with Crippen LogP contribution in [0.4, 0.5) is 0 Å². The summed E-state index contributed by atoms with van der Waals surface area (Å²) in [5.41, 5.74) is 4.72. The van der Waals surface area contributed by atoms with Crippen molar-refractivity contribution in [2.75, 3.05) is 46.9 Å². The van der Waals surface area contributed by atoms with Crippen molar-refractivity contribution in [1.82, 2.24) is 15.1 Å². The van der Waals surface area contributed by atoms with Crippen LogP contribution in [0, 0.1) is 19.8 Å². The molecule has 1 fully saturated rings. The molecule has 0 aromatic heterocycles. The van der Waals surface area contributed by atoms with Gasteiger partial charge in [-0.15, -0.1) is 0 Å². The number of amides is 1. The quantitative estimate of drug-likeness (QED) is 0.263. The Labute approximate surface area is 226 Å². The van der Waals surface area contributed by atoms with Crippen LogP contribution in [0.5, 0.6) is 5.75 Å². The zero-order chi connectivity index (χ0) is 26.2. The molecule has 1 heterocycles. The standard InChI is InChI=1S/C29H39Cl2N3O2/c1-20-21(2)28(36-15-7-6-14-33(4)5)12-10-25(20)22(3)34-18-24(19-34)17-32-29(35)13-9-23-8-11-26(30)27(31)16-23/h8-13,16,22,24H,6-7,14-15,17-19H2,1-5H3,(H,32,35). The first kappa shape index (κ1) is 28.5. The number of halogens is 2. The molecule has 0 bridgehead atoms. The second kappa shape index (κ2) is 13.5. The van der Waals surface area contributed by atoms with Crippen LogP contribution in [0.1, 0.15) is 48.1 Å². The highest BCUT2D eigenvalue weighted by Gasteiger charge is 2.31. The maximum atomic E-state index is 12.2. The van der Waals surface area contributed by atoms with Gasteiger partial charge in [-0.1, -0.05) is 35.3 Å². The number of hydrogen-bond acceptors (Lipinski definition) is 4. The van der Waals surface area contributed by atoms with Gasteiger partial charge >= 0.3 is 0 Å². The fourth-order valence-corrected chi connectivity index (χ4v) is 4.79. The Bertz CT molecular complexity index is 1060. The molecule has 36 heavy (non-hydrogen) atoms. The molecule has 196 valence electrons. The van der Waals surface area contributed by atoms with Crippen LogP contribution in [0.3, 0.4) is 0 Å². The molecule has 2 aromatic carbocycles. The minimum Gasteiger partial charge on any atom is -0.493 e. The maximum Gasteiger partial charge on any atom is 0.244 e. The Hall–Kier alpha value is -2.05. The molecule has 1 amide bonds. The zero-order valence-corrected chi connectivity index (χ0v) is 23.6. The molecule has 1 aliphatic heterocycles. The van der Waals surface area contributed by atoms with E-state index in [0.717, 1.165) is 50.4 Å². The number of carbonyl (C=O) groups is 1. The number of nitrogens with one attached hydrogen (secondary N) is 1. The van der Waals surface area contributed by atoms with Crippen molar-refractivity contribution in [2.45, 2.75) is 39.7 Å². The lowest BCUT2D eigenvalue weighted by molar-refractivity contribution is -0.117. The summed E-state index contributed by atoms with van der Waals surface area (Å²) >= 11 is 12.0. The summed E-state index contributed by atoms with van der Waals surface area (Å²) in [6.07, 6.45) is 5.49. The van der Waals surface area contributed by atoms with Gasteiger partial charge in [-0.2, -0.15) is 0 Å². The summed E-state index contributed by atoms with van der Waals surface area (Å²) in [5.74, 6) is 1.35. The van der Waals surface area contributed by atoms with E-state index in [0.29, 0.717) is 28.5 Å². The molecular weight excluding hydrogens is 493 g/mol. The maximum absolute atomic E-state index is 12.2. The lowest BCUT2D eigenvalue weighted by Crippen LogP contribution is -2.52. The van der Waals surface area contributed by atoms with Gasteiger partial charge in [0.05, 0.1) is 16.7 Å². The molecule has 0 aliphatic carbocycles. The largest absolute Gasteiger partial charge is 0.493 e. The molecule has 0 saturated carbocycles. The number of hydrogen-bond donors (Lipinski definition) is 1. The lowest BCUT2D eigenvalue weighted by Gasteiger charge is -2.44. The van der Waals surface area contributed by atoms with E-state index >= 15 is 0 Å². The van der Waals surface area contributed by atoms with Gasteiger partial charge in [0.2, 0.25) is 5.91 Å². The van der Waals surface area contributed by atoms with Gasteiger partial charge < -0.3 is 15.0 Å². The molecule has 1 saturated heterocycles. The third-order valence-electron chi connectivity index (χ3n) is 6.96. The number of carbonyl (C=O) groups excluding carboxylic acids is 1. The predicted molar refractivity (Wildman–Crippen MR) is 151 cm³/mol. The first-order valence-corrected chi connectivity index (χ1v) is 13.4. The fourth-order valence-electron chi connectivity index (χ4n) is 4.48. The number of benzene rings is 2. The van der Waals surface area contributed by atoms with E-state index in [1.54, 1.807) is 18.2 Å². The first-order valence-electron chi connectivity index (χ1n) is 12.7. The van der Waals surface area contributed by atoms with Crippen LogP contribution in [0.25, 0.3) is 6.08 Å². The lowest BCUT2D eigenvalue weighted by atomic mass is 9.91. The summed E-state index contributed by atoms with van der Waals surface area (Å²) in [6, 6.07) is 9.97. The van der Waals surface area contributed by atoms with Crippen LogP contribution in [0.2, 0.25) is 10.0 Å². The summed E-state index contributed by atoms with van der Waals surface area (Å²) in [4.78, 5) is 16.9. The highest BCUT2D eigenvalue weighted by Crippen LogP contribution is 2.34. The highest BCUT2D eigenvalue weighted by molar-refractivity contribution is 6.42. The normalized spacial score (nSPS) is 15.3. The van der Waals surface area contributed by atoms with Gasteiger partial charge in [-0.25, -0.2) is 0 Å². The Kier molecular flexibility index (Phi) is 10.7. The molecule has 3 rings (SSSR count). The van der Waals surface area contributed by atoms with Gasteiger partial charge in [-0.05, 0) is 101 Å². The average Bonchev–Trinajstić information content (AvgIpc) is 2.81. The second-order valence-corrected chi connectivity index (χ2v) is 10.8. The van der Waals surface area contributed by atoms with E-state index in [4.69, 9.17) is 27.9 Å². The highest BCUT2D eigenvalue weighted by atomic mass is 35.5. The van der Waals surface area contributed by atoms with E-state index < -0.39 is 0 Å². The van der Waals surface area contributed by atoms with Crippen molar-refractivity contribution in [3.8, 4) is 5.75 Å². The minimum atomic E-state index is -0.101. The molecule has 2 aromatic rings. The first-order chi connectivity index (χ1) is 17.2. The Morgan fingerprint density at radius 1 is 1.14 bits per heavy atom. The predicted octanol–water partition coefficient (Wildman–Crippen LogP) is 6.15. The molecule has 0 spiro atoms. The summed E-state index contributed by atoms with van der Waals surface area (Å²) in [6.45, 7) is 11.1. The molecule has 1 atom stereocenters. The summed E-state index contributed by atoms with van der Waals surface area (Å²) < 4.78 is 6.08. The second-order valence-electron chi connectivity index (χ2n) is 10.0. The Morgan fingerprint density at radius 2 is 1.89 bits per heavy atom. The van der Waals surface area contributed by atoms with Gasteiger partial charge in [0.15, 0.2) is 0 Å². The van der Waals surface area contributed by atoms with E-state index in [1.165, 1.54) is 22.8 Å². The Balaban J connectivity index is 1.42. The number of rotatable bonds is 12. The molecule has 1 aliphatic rings. The van der Waals surface area contributed by atoms with Gasteiger partial charge in [-0.3, -0.25) is 9.69 Å². The molecular formula is C29H39Cl2N3O2. The minimum absolute atomic E-state index is 0.101. The van der Waals surface area contributed by atoms with Crippen molar-refractivity contribution < 1.29 is 9.53 Å². The van der Waals surface area contributed by atoms with Gasteiger partial charge in [0, 0.05) is 37.7 Å². The number of likely N-dealkylation sites (tertiary alicyclic amines) is 1.